The van der Waals surface area contributed by atoms with Crippen LogP contribution in [0, 0.1) is 28.9 Å². The Balaban J connectivity index is 1.93. The highest BCUT2D eigenvalue weighted by molar-refractivity contribution is 7.16. The van der Waals surface area contributed by atoms with E-state index in [0.29, 0.717) is 16.5 Å². The Bertz CT molecular complexity index is 872. The first kappa shape index (κ1) is 16.9. The lowest BCUT2D eigenvalue weighted by molar-refractivity contribution is 0.102. The highest BCUT2D eigenvalue weighted by Gasteiger charge is 2.25. The maximum Gasteiger partial charge on any atom is 0.257 e. The van der Waals surface area contributed by atoms with Crippen molar-refractivity contribution in [3.63, 3.8) is 0 Å². The molecule has 1 N–H and O–H groups in total. The van der Waals surface area contributed by atoms with E-state index in [0.717, 1.165) is 41.8 Å². The fraction of sp³-hybridized carbons (Fsp3) is 0.294. The van der Waals surface area contributed by atoms with E-state index >= 15 is 0 Å². The molecule has 124 valence electrons. The minimum atomic E-state index is -1.15. The number of thiophene rings is 1. The number of amides is 1. The summed E-state index contributed by atoms with van der Waals surface area (Å²) in [6.45, 7) is 2.15. The molecule has 0 aliphatic heterocycles. The molecule has 0 saturated heterocycles. The molecule has 24 heavy (non-hydrogen) atoms. The van der Waals surface area contributed by atoms with Crippen molar-refractivity contribution < 1.29 is 13.6 Å². The molecular weight excluding hydrogens is 354 g/mol. The van der Waals surface area contributed by atoms with Gasteiger partial charge >= 0.3 is 0 Å². The van der Waals surface area contributed by atoms with Gasteiger partial charge in [0.2, 0.25) is 0 Å². The van der Waals surface area contributed by atoms with Gasteiger partial charge in [-0.1, -0.05) is 18.5 Å². The molecule has 0 spiro atoms. The lowest BCUT2D eigenvalue weighted by atomic mass is 9.88. The third-order valence-electron chi connectivity index (χ3n) is 4.11. The summed E-state index contributed by atoms with van der Waals surface area (Å²) in [5.74, 6) is -2.40. The molecule has 0 radical (unpaired) electrons. The van der Waals surface area contributed by atoms with Crippen LogP contribution < -0.4 is 5.32 Å². The Labute approximate surface area is 146 Å². The molecule has 1 aliphatic rings. The van der Waals surface area contributed by atoms with Gasteiger partial charge in [0.25, 0.3) is 5.91 Å². The monoisotopic (exact) mass is 366 g/mol. The van der Waals surface area contributed by atoms with E-state index in [1.165, 1.54) is 11.3 Å². The Hall–Kier alpha value is -1.97. The molecule has 1 atom stereocenters. The SMILES string of the molecule is C[C@H]1CCc2c(sc(NC(=O)c3cc(F)c(F)cc3Cl)c2C#N)C1. The number of nitrogens with one attached hydrogen (secondary N) is 1. The maximum atomic E-state index is 13.4. The number of hydrogen-bond donors (Lipinski definition) is 1. The topological polar surface area (TPSA) is 52.9 Å². The van der Waals surface area contributed by atoms with Gasteiger partial charge in [0.15, 0.2) is 11.6 Å². The number of rotatable bonds is 2. The third-order valence-corrected chi connectivity index (χ3v) is 5.59. The fourth-order valence-corrected chi connectivity index (χ4v) is 4.42. The first-order valence-electron chi connectivity index (χ1n) is 7.41. The number of halogens is 3. The van der Waals surface area contributed by atoms with Crippen LogP contribution in [0.1, 0.15) is 39.7 Å². The summed E-state index contributed by atoms with van der Waals surface area (Å²) in [5.41, 5.74) is 1.26. The minimum absolute atomic E-state index is 0.167. The summed E-state index contributed by atoms with van der Waals surface area (Å²) in [4.78, 5) is 13.5. The van der Waals surface area contributed by atoms with Crippen LogP contribution >= 0.6 is 22.9 Å². The number of fused-ring (bicyclic) bond motifs is 1. The number of carbonyl (C=O) groups excluding carboxylic acids is 1. The number of hydrogen-bond acceptors (Lipinski definition) is 3. The zero-order valence-corrected chi connectivity index (χ0v) is 14.3. The van der Waals surface area contributed by atoms with Gasteiger partial charge in [-0.15, -0.1) is 11.3 Å². The molecule has 1 amide bonds. The normalized spacial score (nSPS) is 16.4. The van der Waals surface area contributed by atoms with Crippen LogP contribution in [0.2, 0.25) is 5.02 Å². The minimum Gasteiger partial charge on any atom is -0.312 e. The maximum absolute atomic E-state index is 13.4. The Kier molecular flexibility index (Phi) is 4.57. The van der Waals surface area contributed by atoms with Crippen molar-refractivity contribution in [3.8, 4) is 6.07 Å². The van der Waals surface area contributed by atoms with Gasteiger partial charge < -0.3 is 5.32 Å². The van der Waals surface area contributed by atoms with Crippen LogP contribution in [0.25, 0.3) is 0 Å². The predicted molar refractivity (Wildman–Crippen MR) is 89.5 cm³/mol. The lowest BCUT2D eigenvalue weighted by Crippen LogP contribution is -2.13. The van der Waals surface area contributed by atoms with Crippen molar-refractivity contribution in [2.45, 2.75) is 26.2 Å². The third kappa shape index (κ3) is 3.02. The molecule has 3 nitrogen and oxygen atoms in total. The van der Waals surface area contributed by atoms with Crippen LogP contribution in [0.15, 0.2) is 12.1 Å². The zero-order valence-electron chi connectivity index (χ0n) is 12.8. The van der Waals surface area contributed by atoms with Crippen molar-refractivity contribution in [2.75, 3.05) is 5.32 Å². The van der Waals surface area contributed by atoms with Crippen molar-refractivity contribution in [3.05, 3.63) is 50.4 Å². The second-order valence-electron chi connectivity index (χ2n) is 5.87. The van der Waals surface area contributed by atoms with Crippen molar-refractivity contribution >= 4 is 33.8 Å². The van der Waals surface area contributed by atoms with Crippen molar-refractivity contribution in [1.29, 1.82) is 5.26 Å². The lowest BCUT2D eigenvalue weighted by Gasteiger charge is -2.17. The average molecular weight is 367 g/mol. The highest BCUT2D eigenvalue weighted by Crippen LogP contribution is 2.39. The van der Waals surface area contributed by atoms with Gasteiger partial charge in [-0.3, -0.25) is 4.79 Å². The molecule has 1 aromatic heterocycles. The van der Waals surface area contributed by atoms with E-state index < -0.39 is 17.5 Å². The highest BCUT2D eigenvalue weighted by atomic mass is 35.5. The molecule has 3 rings (SSSR count). The van der Waals surface area contributed by atoms with Crippen molar-refractivity contribution in [2.24, 2.45) is 5.92 Å². The van der Waals surface area contributed by atoms with Gasteiger partial charge in [-0.25, -0.2) is 8.78 Å². The summed E-state index contributed by atoms with van der Waals surface area (Å²) in [5, 5.41) is 12.3. The van der Waals surface area contributed by atoms with E-state index in [2.05, 4.69) is 18.3 Å². The van der Waals surface area contributed by atoms with Crippen LogP contribution in [0.4, 0.5) is 13.8 Å². The average Bonchev–Trinajstić information content (AvgIpc) is 2.86. The molecule has 2 aromatic rings. The summed E-state index contributed by atoms with van der Waals surface area (Å²) < 4.78 is 26.5. The molecule has 0 saturated carbocycles. The first-order valence-corrected chi connectivity index (χ1v) is 8.60. The quantitative estimate of drug-likeness (QED) is 0.766. The summed E-state index contributed by atoms with van der Waals surface area (Å²) in [6.07, 6.45) is 2.68. The van der Waals surface area contributed by atoms with Crippen LogP contribution in [0.3, 0.4) is 0 Å². The number of benzene rings is 1. The second kappa shape index (κ2) is 6.50. The fourth-order valence-electron chi connectivity index (χ4n) is 2.82. The molecule has 0 bridgehead atoms. The number of nitrogens with zero attached hydrogens (tertiary/aromatic N) is 1. The van der Waals surface area contributed by atoms with Crippen LogP contribution in [0.5, 0.6) is 0 Å². The standard InChI is InChI=1S/C17H13ClF2N2OS/c1-8-2-3-9-11(7-21)17(24-15(9)4-8)22-16(23)10-5-13(19)14(20)6-12(10)18/h5-6,8H,2-4H2,1H3,(H,22,23)/t8-/m0/s1. The van der Waals surface area contributed by atoms with E-state index in [1.807, 2.05) is 0 Å². The second-order valence-corrected chi connectivity index (χ2v) is 7.38. The zero-order chi connectivity index (χ0) is 17.4. The smallest absolute Gasteiger partial charge is 0.257 e. The predicted octanol–water partition coefficient (Wildman–Crippen LogP) is 4.93. The molecule has 7 heteroatoms. The largest absolute Gasteiger partial charge is 0.312 e. The van der Waals surface area contributed by atoms with Gasteiger partial charge in [-0.2, -0.15) is 5.26 Å². The molecule has 1 heterocycles. The number of anilines is 1. The van der Waals surface area contributed by atoms with E-state index in [-0.39, 0.29) is 10.6 Å². The van der Waals surface area contributed by atoms with Gasteiger partial charge in [0.05, 0.1) is 16.1 Å². The van der Waals surface area contributed by atoms with Crippen molar-refractivity contribution in [1.82, 2.24) is 0 Å². The molecule has 1 aromatic carbocycles. The van der Waals surface area contributed by atoms with Gasteiger partial charge in [-0.05, 0) is 42.9 Å². The number of nitriles is 1. The number of carbonyl (C=O) groups is 1. The Morgan fingerprint density at radius 3 is 2.83 bits per heavy atom. The molecule has 0 fully saturated rings. The van der Waals surface area contributed by atoms with E-state index in [4.69, 9.17) is 11.6 Å². The molecule has 0 unspecified atom stereocenters. The van der Waals surface area contributed by atoms with Crippen LogP contribution in [-0.4, -0.2) is 5.91 Å². The van der Waals surface area contributed by atoms with Gasteiger partial charge in [0, 0.05) is 4.88 Å². The summed E-state index contributed by atoms with van der Waals surface area (Å²) in [7, 11) is 0. The van der Waals surface area contributed by atoms with Crippen LogP contribution in [-0.2, 0) is 12.8 Å². The Morgan fingerprint density at radius 1 is 1.42 bits per heavy atom. The summed E-state index contributed by atoms with van der Waals surface area (Å²) in [6, 6.07) is 3.66. The summed E-state index contributed by atoms with van der Waals surface area (Å²) >= 11 is 7.19. The van der Waals surface area contributed by atoms with Gasteiger partial charge in [0.1, 0.15) is 11.1 Å². The molecule has 1 aliphatic carbocycles. The van der Waals surface area contributed by atoms with E-state index in [9.17, 15) is 18.8 Å². The first-order chi connectivity index (χ1) is 11.4. The molecular formula is C17H13ClF2N2OS. The Morgan fingerprint density at radius 2 is 2.12 bits per heavy atom. The van der Waals surface area contributed by atoms with E-state index in [1.54, 1.807) is 0 Å².